The van der Waals surface area contributed by atoms with Crippen LogP contribution in [0.15, 0.2) is 64.1 Å². The normalized spacial score (nSPS) is 18.4. The van der Waals surface area contributed by atoms with Gasteiger partial charge in [0.15, 0.2) is 0 Å². The van der Waals surface area contributed by atoms with Gasteiger partial charge in [0.1, 0.15) is 5.92 Å². The number of rotatable bonds is 2. The highest BCUT2D eigenvalue weighted by Gasteiger charge is 2.28. The first-order valence-corrected chi connectivity index (χ1v) is 7.10. The summed E-state index contributed by atoms with van der Waals surface area (Å²) in [6.45, 7) is 0.421. The highest BCUT2D eigenvalue weighted by molar-refractivity contribution is 9.10. The molecule has 0 N–H and O–H groups in total. The molecule has 0 bridgehead atoms. The number of ether oxygens (including phenoxy) is 1. The SMILES string of the molecule is O=C1OC(c2ccccc2)=NC[C@@H]1c1ccc(Br)cc1. The first kappa shape index (κ1) is 13.1. The molecule has 1 heterocycles. The van der Waals surface area contributed by atoms with Gasteiger partial charge in [-0.05, 0) is 29.8 Å². The average molecular weight is 330 g/mol. The molecule has 0 saturated heterocycles. The van der Waals surface area contributed by atoms with Crippen LogP contribution in [0.2, 0.25) is 0 Å². The van der Waals surface area contributed by atoms with Gasteiger partial charge < -0.3 is 4.74 Å². The van der Waals surface area contributed by atoms with Crippen molar-refractivity contribution in [3.8, 4) is 0 Å². The van der Waals surface area contributed by atoms with E-state index >= 15 is 0 Å². The summed E-state index contributed by atoms with van der Waals surface area (Å²) in [6.07, 6.45) is 0. The number of aliphatic imine (C=N–C) groups is 1. The molecule has 0 fully saturated rings. The van der Waals surface area contributed by atoms with E-state index in [2.05, 4.69) is 20.9 Å². The average Bonchev–Trinajstić information content (AvgIpc) is 2.49. The number of esters is 1. The number of halogens is 1. The fourth-order valence-corrected chi connectivity index (χ4v) is 2.38. The topological polar surface area (TPSA) is 38.7 Å². The third-order valence-electron chi connectivity index (χ3n) is 3.19. The molecule has 2 aromatic rings. The van der Waals surface area contributed by atoms with E-state index in [9.17, 15) is 4.79 Å². The molecule has 0 spiro atoms. The summed E-state index contributed by atoms with van der Waals surface area (Å²) in [7, 11) is 0. The lowest BCUT2D eigenvalue weighted by atomic mass is 9.98. The number of carbonyl (C=O) groups is 1. The van der Waals surface area contributed by atoms with E-state index in [-0.39, 0.29) is 11.9 Å². The van der Waals surface area contributed by atoms with Crippen molar-refractivity contribution in [2.45, 2.75) is 5.92 Å². The maximum Gasteiger partial charge on any atom is 0.322 e. The summed E-state index contributed by atoms with van der Waals surface area (Å²) in [5, 5.41) is 0. The van der Waals surface area contributed by atoms with E-state index < -0.39 is 0 Å². The number of benzene rings is 2. The largest absolute Gasteiger partial charge is 0.407 e. The van der Waals surface area contributed by atoms with E-state index in [1.54, 1.807) is 0 Å². The highest BCUT2D eigenvalue weighted by atomic mass is 79.9. The Morgan fingerprint density at radius 2 is 1.75 bits per heavy atom. The molecule has 1 atom stereocenters. The summed E-state index contributed by atoms with van der Waals surface area (Å²) < 4.78 is 6.35. The third kappa shape index (κ3) is 2.65. The van der Waals surface area contributed by atoms with Gasteiger partial charge in [-0.25, -0.2) is 4.99 Å². The number of hydrogen-bond acceptors (Lipinski definition) is 3. The van der Waals surface area contributed by atoms with Gasteiger partial charge in [0.2, 0.25) is 5.90 Å². The van der Waals surface area contributed by atoms with Crippen molar-refractivity contribution in [3.63, 3.8) is 0 Å². The lowest BCUT2D eigenvalue weighted by molar-refractivity contribution is -0.137. The predicted octanol–water partition coefficient (Wildman–Crippen LogP) is 3.54. The van der Waals surface area contributed by atoms with Crippen LogP contribution in [-0.2, 0) is 9.53 Å². The van der Waals surface area contributed by atoms with Crippen LogP contribution < -0.4 is 0 Å². The number of hydrogen-bond donors (Lipinski definition) is 0. The van der Waals surface area contributed by atoms with Crippen molar-refractivity contribution in [3.05, 3.63) is 70.2 Å². The van der Waals surface area contributed by atoms with Crippen LogP contribution in [0.1, 0.15) is 17.0 Å². The van der Waals surface area contributed by atoms with Gasteiger partial charge in [-0.3, -0.25) is 4.79 Å². The Labute approximate surface area is 125 Å². The third-order valence-corrected chi connectivity index (χ3v) is 3.72. The van der Waals surface area contributed by atoms with Crippen LogP contribution in [0.4, 0.5) is 0 Å². The quantitative estimate of drug-likeness (QED) is 0.790. The molecule has 20 heavy (non-hydrogen) atoms. The molecule has 4 heteroatoms. The zero-order chi connectivity index (χ0) is 13.9. The van der Waals surface area contributed by atoms with Gasteiger partial charge in [0, 0.05) is 10.0 Å². The van der Waals surface area contributed by atoms with Crippen LogP contribution >= 0.6 is 15.9 Å². The van der Waals surface area contributed by atoms with Gasteiger partial charge >= 0.3 is 5.97 Å². The summed E-state index contributed by atoms with van der Waals surface area (Å²) in [6, 6.07) is 17.1. The number of carbonyl (C=O) groups excluding carboxylic acids is 1. The van der Waals surface area contributed by atoms with Crippen LogP contribution in [0.5, 0.6) is 0 Å². The Bertz CT molecular complexity index is 650. The van der Waals surface area contributed by atoms with Gasteiger partial charge in [0.05, 0.1) is 6.54 Å². The maximum absolute atomic E-state index is 12.1. The van der Waals surface area contributed by atoms with Crippen molar-refractivity contribution < 1.29 is 9.53 Å². The van der Waals surface area contributed by atoms with E-state index in [0.29, 0.717) is 12.4 Å². The van der Waals surface area contributed by atoms with Crippen molar-refractivity contribution in [1.82, 2.24) is 0 Å². The minimum atomic E-state index is -0.324. The zero-order valence-corrected chi connectivity index (χ0v) is 12.2. The van der Waals surface area contributed by atoms with Crippen molar-refractivity contribution in [2.24, 2.45) is 4.99 Å². The van der Waals surface area contributed by atoms with Crippen LogP contribution in [-0.4, -0.2) is 18.4 Å². The second-order valence-corrected chi connectivity index (χ2v) is 5.45. The van der Waals surface area contributed by atoms with Gasteiger partial charge in [-0.2, -0.15) is 0 Å². The zero-order valence-electron chi connectivity index (χ0n) is 10.6. The minimum absolute atomic E-state index is 0.249. The Morgan fingerprint density at radius 3 is 2.40 bits per heavy atom. The maximum atomic E-state index is 12.1. The molecule has 0 saturated carbocycles. The molecular weight excluding hydrogens is 318 g/mol. The first-order valence-electron chi connectivity index (χ1n) is 6.31. The second-order valence-electron chi connectivity index (χ2n) is 4.54. The number of cyclic esters (lactones) is 1. The molecule has 0 radical (unpaired) electrons. The predicted molar refractivity (Wildman–Crippen MR) is 80.8 cm³/mol. The highest BCUT2D eigenvalue weighted by Crippen LogP contribution is 2.24. The van der Waals surface area contributed by atoms with Crippen molar-refractivity contribution in [1.29, 1.82) is 0 Å². The summed E-state index contributed by atoms with van der Waals surface area (Å²) in [5.74, 6) is -0.166. The molecule has 0 unspecified atom stereocenters. The fourth-order valence-electron chi connectivity index (χ4n) is 2.11. The molecule has 3 rings (SSSR count). The van der Waals surface area contributed by atoms with Crippen LogP contribution in [0.25, 0.3) is 0 Å². The first-order chi connectivity index (χ1) is 9.74. The lowest BCUT2D eigenvalue weighted by Gasteiger charge is -2.20. The lowest BCUT2D eigenvalue weighted by Crippen LogP contribution is -2.28. The summed E-state index contributed by atoms with van der Waals surface area (Å²) >= 11 is 3.38. The molecule has 1 aliphatic heterocycles. The Morgan fingerprint density at radius 1 is 1.05 bits per heavy atom. The van der Waals surface area contributed by atoms with Gasteiger partial charge in [0.25, 0.3) is 0 Å². The smallest absolute Gasteiger partial charge is 0.322 e. The summed E-state index contributed by atoms with van der Waals surface area (Å²) in [4.78, 5) is 16.5. The Balaban J connectivity index is 1.84. The molecule has 0 aliphatic carbocycles. The van der Waals surface area contributed by atoms with Crippen molar-refractivity contribution in [2.75, 3.05) is 6.54 Å². The number of nitrogens with zero attached hydrogens (tertiary/aromatic N) is 1. The van der Waals surface area contributed by atoms with Crippen LogP contribution in [0, 0.1) is 0 Å². The molecule has 0 amide bonds. The summed E-state index contributed by atoms with van der Waals surface area (Å²) in [5.41, 5.74) is 1.75. The van der Waals surface area contributed by atoms with E-state index in [0.717, 1.165) is 15.6 Å². The monoisotopic (exact) mass is 329 g/mol. The second kappa shape index (κ2) is 5.59. The fraction of sp³-hybridized carbons (Fsp3) is 0.125. The molecule has 1 aliphatic rings. The van der Waals surface area contributed by atoms with Crippen LogP contribution in [0.3, 0.4) is 0 Å². The molecule has 2 aromatic carbocycles. The molecule has 3 nitrogen and oxygen atoms in total. The van der Waals surface area contributed by atoms with Gasteiger partial charge in [-0.15, -0.1) is 0 Å². The van der Waals surface area contributed by atoms with Crippen molar-refractivity contribution >= 4 is 27.8 Å². The Kier molecular flexibility index (Phi) is 3.65. The standard InChI is InChI=1S/C16H12BrNO2/c17-13-8-6-11(7-9-13)14-10-18-15(20-16(14)19)12-4-2-1-3-5-12/h1-9,14H,10H2/t14-/m1/s1. The molecule has 0 aromatic heterocycles. The van der Waals surface area contributed by atoms with E-state index in [4.69, 9.17) is 4.74 Å². The molecular formula is C16H12BrNO2. The Hall–Kier alpha value is -1.94. The minimum Gasteiger partial charge on any atom is -0.407 e. The van der Waals surface area contributed by atoms with E-state index in [1.807, 2.05) is 54.6 Å². The molecule has 100 valence electrons. The van der Waals surface area contributed by atoms with Gasteiger partial charge in [-0.1, -0.05) is 46.3 Å². The van der Waals surface area contributed by atoms with E-state index in [1.165, 1.54) is 0 Å².